The number of hydrogen-bond acceptors (Lipinski definition) is 4. The molecule has 1 aliphatic heterocycles. The normalized spacial score (nSPS) is 13.2. The maximum Gasteiger partial charge on any atom is 0.180 e. The van der Waals surface area contributed by atoms with Gasteiger partial charge in [0.1, 0.15) is 13.2 Å². The third kappa shape index (κ3) is 3.12. The summed E-state index contributed by atoms with van der Waals surface area (Å²) in [5.41, 5.74) is 1.21. The van der Waals surface area contributed by atoms with Gasteiger partial charge in [-0.1, -0.05) is 6.07 Å². The van der Waals surface area contributed by atoms with Crippen LogP contribution in [0.4, 0.5) is 0 Å². The number of fused-ring (bicyclic) bond motifs is 1. The average Bonchev–Trinajstić information content (AvgIpc) is 2.38. The highest BCUT2D eigenvalue weighted by atomic mass is 16.6. The summed E-state index contributed by atoms with van der Waals surface area (Å²) in [6.07, 6.45) is 2.50. The first-order valence-corrected chi connectivity index (χ1v) is 5.79. The van der Waals surface area contributed by atoms with Crippen molar-refractivity contribution in [2.45, 2.75) is 19.3 Å². The van der Waals surface area contributed by atoms with E-state index >= 15 is 0 Å². The second kappa shape index (κ2) is 5.57. The topological polar surface area (TPSA) is 51.5 Å². The Balaban J connectivity index is 1.91. The van der Waals surface area contributed by atoms with E-state index in [-0.39, 0.29) is 0 Å². The molecule has 0 saturated carbocycles. The Bertz CT molecular complexity index is 404. The van der Waals surface area contributed by atoms with Crippen molar-refractivity contribution < 1.29 is 14.2 Å². The first-order valence-electron chi connectivity index (χ1n) is 5.79. The fraction of sp³-hybridized carbons (Fsp3) is 0.462. The van der Waals surface area contributed by atoms with E-state index in [0.29, 0.717) is 25.5 Å². The molecule has 1 heterocycles. The van der Waals surface area contributed by atoms with E-state index in [1.165, 1.54) is 12.7 Å². The van der Waals surface area contributed by atoms with Crippen LogP contribution in [0.15, 0.2) is 18.2 Å². The van der Waals surface area contributed by atoms with Gasteiger partial charge in [0.05, 0.1) is 7.11 Å². The summed E-state index contributed by atoms with van der Waals surface area (Å²) in [5.74, 6) is 1.99. The molecular weight excluding hydrogens is 218 g/mol. The fourth-order valence-electron chi connectivity index (χ4n) is 1.80. The first-order chi connectivity index (χ1) is 8.29. The molecule has 1 N–H and O–H groups in total. The predicted octanol–water partition coefficient (Wildman–Crippen LogP) is 2.40. The Hall–Kier alpha value is -1.71. The summed E-state index contributed by atoms with van der Waals surface area (Å²) >= 11 is 0. The molecular formula is C13H17NO3. The van der Waals surface area contributed by atoms with Gasteiger partial charge >= 0.3 is 0 Å². The molecule has 0 fully saturated rings. The molecule has 0 atom stereocenters. The minimum Gasteiger partial charge on any atom is -0.486 e. The number of hydrogen-bond donors (Lipinski definition) is 1. The van der Waals surface area contributed by atoms with Crippen LogP contribution in [0.25, 0.3) is 0 Å². The third-order valence-electron chi connectivity index (χ3n) is 2.72. The summed E-state index contributed by atoms with van der Waals surface area (Å²) in [7, 11) is 1.53. The number of nitrogens with one attached hydrogen (secondary N) is 1. The summed E-state index contributed by atoms with van der Waals surface area (Å²) in [5, 5.41) is 7.39. The summed E-state index contributed by atoms with van der Waals surface area (Å²) in [6.45, 7) is 1.24. The minimum absolute atomic E-state index is 0.336. The lowest BCUT2D eigenvalue weighted by Gasteiger charge is -2.18. The molecule has 4 nitrogen and oxygen atoms in total. The molecule has 0 unspecified atom stereocenters. The van der Waals surface area contributed by atoms with Crippen LogP contribution in [0.1, 0.15) is 18.4 Å². The molecule has 2 rings (SSSR count). The Morgan fingerprint density at radius 1 is 1.29 bits per heavy atom. The lowest BCUT2D eigenvalue weighted by atomic mass is 10.1. The molecule has 0 aromatic heterocycles. The van der Waals surface area contributed by atoms with E-state index in [0.717, 1.165) is 24.3 Å². The zero-order valence-corrected chi connectivity index (χ0v) is 9.99. The summed E-state index contributed by atoms with van der Waals surface area (Å²) in [4.78, 5) is 0. The zero-order chi connectivity index (χ0) is 12.1. The molecule has 0 radical (unpaired) electrons. The number of methoxy groups -OCH3 is 1. The van der Waals surface area contributed by atoms with Crippen LogP contribution in [-0.4, -0.2) is 26.2 Å². The first kappa shape index (κ1) is 11.8. The highest BCUT2D eigenvalue weighted by Gasteiger charge is 2.11. The van der Waals surface area contributed by atoms with Crippen LogP contribution >= 0.6 is 0 Å². The molecule has 0 spiro atoms. The molecule has 1 aromatic rings. The Morgan fingerprint density at radius 2 is 2.06 bits per heavy atom. The number of rotatable bonds is 4. The minimum atomic E-state index is 0.336. The maximum absolute atomic E-state index is 7.39. The number of ether oxygens (including phenoxy) is 3. The molecule has 0 bridgehead atoms. The lowest BCUT2D eigenvalue weighted by Crippen LogP contribution is -2.15. The lowest BCUT2D eigenvalue weighted by molar-refractivity contribution is 0.171. The van der Waals surface area contributed by atoms with Crippen molar-refractivity contribution >= 4 is 5.90 Å². The fourth-order valence-corrected chi connectivity index (χ4v) is 1.80. The van der Waals surface area contributed by atoms with E-state index in [1.54, 1.807) is 0 Å². The Morgan fingerprint density at radius 3 is 2.82 bits per heavy atom. The molecule has 17 heavy (non-hydrogen) atoms. The number of benzene rings is 1. The van der Waals surface area contributed by atoms with Crippen molar-refractivity contribution in [3.05, 3.63) is 23.8 Å². The van der Waals surface area contributed by atoms with E-state index in [1.807, 2.05) is 18.2 Å². The van der Waals surface area contributed by atoms with E-state index < -0.39 is 0 Å². The smallest absolute Gasteiger partial charge is 0.180 e. The van der Waals surface area contributed by atoms with Gasteiger partial charge in [-0.3, -0.25) is 5.41 Å². The van der Waals surface area contributed by atoms with Gasteiger partial charge in [-0.25, -0.2) is 0 Å². The van der Waals surface area contributed by atoms with E-state index in [9.17, 15) is 0 Å². The van der Waals surface area contributed by atoms with E-state index in [4.69, 9.17) is 19.6 Å². The molecule has 92 valence electrons. The van der Waals surface area contributed by atoms with Gasteiger partial charge in [-0.05, 0) is 30.5 Å². The monoisotopic (exact) mass is 235 g/mol. The molecule has 1 aliphatic rings. The van der Waals surface area contributed by atoms with Crippen LogP contribution in [0.3, 0.4) is 0 Å². The summed E-state index contributed by atoms with van der Waals surface area (Å²) in [6, 6.07) is 6.01. The molecule has 0 aliphatic carbocycles. The van der Waals surface area contributed by atoms with Crippen LogP contribution in [-0.2, 0) is 11.2 Å². The highest BCUT2D eigenvalue weighted by Crippen LogP contribution is 2.31. The van der Waals surface area contributed by atoms with Crippen molar-refractivity contribution in [1.29, 1.82) is 5.41 Å². The van der Waals surface area contributed by atoms with Gasteiger partial charge in [0.25, 0.3) is 0 Å². The molecule has 1 aromatic carbocycles. The third-order valence-corrected chi connectivity index (χ3v) is 2.72. The van der Waals surface area contributed by atoms with Gasteiger partial charge in [0.2, 0.25) is 0 Å². The standard InChI is InChI=1S/C13H17NO3/c1-15-13(14)4-2-3-10-5-6-11-12(9-10)17-8-7-16-11/h5-6,9,14H,2-4,7-8H2,1H3. The van der Waals surface area contributed by atoms with E-state index in [2.05, 4.69) is 0 Å². The quantitative estimate of drug-likeness (QED) is 0.644. The molecule has 0 amide bonds. The summed E-state index contributed by atoms with van der Waals surface area (Å²) < 4.78 is 15.8. The average molecular weight is 235 g/mol. The second-order valence-electron chi connectivity index (χ2n) is 3.96. The van der Waals surface area contributed by atoms with Crippen LogP contribution in [0, 0.1) is 5.41 Å². The van der Waals surface area contributed by atoms with Crippen molar-refractivity contribution in [3.63, 3.8) is 0 Å². The Kier molecular flexibility index (Phi) is 3.85. The zero-order valence-electron chi connectivity index (χ0n) is 9.99. The number of aryl methyl sites for hydroxylation is 1. The van der Waals surface area contributed by atoms with Crippen molar-refractivity contribution in [3.8, 4) is 11.5 Å². The van der Waals surface area contributed by atoms with Gasteiger partial charge < -0.3 is 14.2 Å². The largest absolute Gasteiger partial charge is 0.486 e. The van der Waals surface area contributed by atoms with Crippen molar-refractivity contribution in [2.75, 3.05) is 20.3 Å². The highest BCUT2D eigenvalue weighted by molar-refractivity contribution is 5.72. The van der Waals surface area contributed by atoms with Gasteiger partial charge in [-0.2, -0.15) is 0 Å². The van der Waals surface area contributed by atoms with Crippen molar-refractivity contribution in [2.24, 2.45) is 0 Å². The maximum atomic E-state index is 7.39. The van der Waals surface area contributed by atoms with Crippen LogP contribution < -0.4 is 9.47 Å². The van der Waals surface area contributed by atoms with Crippen LogP contribution in [0.5, 0.6) is 11.5 Å². The SMILES string of the molecule is COC(=N)CCCc1ccc2c(c1)OCCO2. The predicted molar refractivity (Wildman–Crippen MR) is 65.1 cm³/mol. The van der Waals surface area contributed by atoms with Gasteiger partial charge in [-0.15, -0.1) is 0 Å². The van der Waals surface area contributed by atoms with Gasteiger partial charge in [0.15, 0.2) is 17.4 Å². The van der Waals surface area contributed by atoms with Crippen LogP contribution in [0.2, 0.25) is 0 Å². The van der Waals surface area contributed by atoms with Crippen molar-refractivity contribution in [1.82, 2.24) is 0 Å². The Labute approximate surface area is 101 Å². The van der Waals surface area contributed by atoms with Gasteiger partial charge in [0, 0.05) is 6.42 Å². The molecule has 0 saturated heterocycles. The molecule has 4 heteroatoms. The second-order valence-corrected chi connectivity index (χ2v) is 3.96.